The molecule has 3 saturated carbocycles. The van der Waals surface area contributed by atoms with Crippen LogP contribution in [0.1, 0.15) is 83.1 Å². The Kier molecular flexibility index (Phi) is 13.3. The van der Waals surface area contributed by atoms with Gasteiger partial charge in [-0.3, -0.25) is 9.69 Å². The average Bonchev–Trinajstić information content (AvgIpc) is 3.69. The average molecular weight is 824 g/mol. The number of carbonyl (C=O) groups excluding carboxylic acids is 1. The van der Waals surface area contributed by atoms with Crippen molar-refractivity contribution >= 4 is 27.5 Å². The number of carbonyl (C=O) groups is 1. The van der Waals surface area contributed by atoms with E-state index >= 15 is 0 Å². The highest BCUT2D eigenvalue weighted by Crippen LogP contribution is 2.62. The van der Waals surface area contributed by atoms with Crippen LogP contribution in [0.15, 0.2) is 18.2 Å². The molecular weight excluding hydrogens is 772 g/mol. The molecule has 5 rings (SSSR count). The van der Waals surface area contributed by atoms with Gasteiger partial charge < -0.3 is 19.1 Å². The summed E-state index contributed by atoms with van der Waals surface area (Å²) in [6.07, 6.45) is -10.7. The van der Waals surface area contributed by atoms with E-state index in [1.165, 1.54) is 18.2 Å². The molecule has 0 aromatic heterocycles. The number of rotatable bonds is 15. The number of alkyl halides is 9. The van der Waals surface area contributed by atoms with Gasteiger partial charge in [0.1, 0.15) is 5.75 Å². The maximum absolute atomic E-state index is 13.4. The van der Waals surface area contributed by atoms with E-state index in [1.54, 1.807) is 11.9 Å². The zero-order valence-corrected chi connectivity index (χ0v) is 32.4. The predicted octanol–water partition coefficient (Wildman–Crippen LogP) is 9.46. The van der Waals surface area contributed by atoms with E-state index in [1.807, 2.05) is 21.6 Å². The van der Waals surface area contributed by atoms with Crippen LogP contribution in [0.4, 0.5) is 39.5 Å². The van der Waals surface area contributed by atoms with E-state index in [-0.39, 0.29) is 24.6 Å². The molecule has 308 valence electrons. The molecule has 4 aliphatic carbocycles. The van der Waals surface area contributed by atoms with E-state index in [9.17, 15) is 44.3 Å². The summed E-state index contributed by atoms with van der Waals surface area (Å²) in [4.78, 5) is 16.0. The Hall–Kier alpha value is -1.56. The van der Waals surface area contributed by atoms with E-state index in [0.29, 0.717) is 29.6 Å². The molecule has 0 bridgehead atoms. The van der Waals surface area contributed by atoms with Crippen molar-refractivity contribution in [1.82, 2.24) is 9.80 Å². The number of halogens is 9. The number of ether oxygens (including phenoxy) is 3. The number of fused-ring (bicyclic) bond motifs is 5. The van der Waals surface area contributed by atoms with Crippen LogP contribution >= 0.6 is 21.6 Å². The minimum absolute atomic E-state index is 0.0269. The lowest BCUT2D eigenvalue weighted by atomic mass is 9.55. The monoisotopic (exact) mass is 823 g/mol. The third-order valence-corrected chi connectivity index (χ3v) is 15.3. The molecular formula is C37H51F9N2O4S2. The van der Waals surface area contributed by atoms with Crippen LogP contribution in [0.2, 0.25) is 0 Å². The van der Waals surface area contributed by atoms with Gasteiger partial charge in [-0.1, -0.05) is 34.6 Å². The fourth-order valence-electron chi connectivity index (χ4n) is 9.53. The van der Waals surface area contributed by atoms with E-state index in [4.69, 9.17) is 10.8 Å². The van der Waals surface area contributed by atoms with Crippen molar-refractivity contribution in [2.75, 3.05) is 53.2 Å². The highest BCUT2D eigenvalue weighted by Gasteiger charge is 2.85. The predicted molar refractivity (Wildman–Crippen MR) is 191 cm³/mol. The van der Waals surface area contributed by atoms with Gasteiger partial charge in [0.2, 0.25) is 5.91 Å². The van der Waals surface area contributed by atoms with Crippen LogP contribution < -0.4 is 4.74 Å². The molecule has 0 heterocycles. The molecule has 17 heteroatoms. The van der Waals surface area contributed by atoms with Crippen LogP contribution in [-0.4, -0.2) is 110 Å². The van der Waals surface area contributed by atoms with Gasteiger partial charge in [0, 0.05) is 37.7 Å². The fraction of sp³-hybridized carbons (Fsp3) is 0.811. The normalized spacial score (nSPS) is 29.1. The molecule has 0 aliphatic heterocycles. The highest BCUT2D eigenvalue weighted by molar-refractivity contribution is 8.76. The topological polar surface area (TPSA) is 51.2 Å². The minimum Gasteiger partial charge on any atom is -0.494 e. The molecule has 54 heavy (non-hydrogen) atoms. The number of methoxy groups -OCH3 is 1. The number of aryl methyl sites for hydroxylation is 1. The molecule has 1 aromatic rings. The molecule has 4 aliphatic rings. The molecule has 0 radical (unpaired) electrons. The standard InChI is InChI=1S/C37H51F9N2O4S2/c1-33-15-14-28-27-11-8-25(51-17-5-19-53-54-26-9-7-24(21-26)50-4)20-23(27)6-10-29(28)30(33)12-13-31(33)48(3)32(49)22-47(2)16-18-52-34(35(38,39)40,36(41,42)43)37(44,45)46/h8,11,20,24,26,28-31H,5-7,9-10,12-19,21-22H2,1-4H3/t24?,26?,28?,29?,30?,31-,33-/m0/s1/i4D. The van der Waals surface area contributed by atoms with Crippen LogP contribution in [0.25, 0.3) is 0 Å². The van der Waals surface area contributed by atoms with Gasteiger partial charge in [-0.05, 0) is 118 Å². The Bertz CT molecular complexity index is 1420. The van der Waals surface area contributed by atoms with Gasteiger partial charge in [-0.15, -0.1) is 0 Å². The summed E-state index contributed by atoms with van der Waals surface area (Å²) in [6.45, 7) is 0.0900. The van der Waals surface area contributed by atoms with Crippen LogP contribution in [0, 0.1) is 17.3 Å². The number of hydrogen-bond acceptors (Lipinski definition) is 7. The summed E-state index contributed by atoms with van der Waals surface area (Å²) in [6, 6.07) is 6.29. The van der Waals surface area contributed by atoms with Crippen molar-refractivity contribution in [3.63, 3.8) is 0 Å². The maximum Gasteiger partial charge on any atom is 0.435 e. The van der Waals surface area contributed by atoms with Crippen molar-refractivity contribution in [2.24, 2.45) is 17.3 Å². The summed E-state index contributed by atoms with van der Waals surface area (Å²) >= 11 is 0. The SMILES string of the molecule is [2H]COC1CCC(SSCCCOc2ccc3c(c2)CCC2C3CC[C@@]3(C)C2CC[C@@H]3N(C)C(=O)CN(C)CCOC(C(F)(F)F)(C(F)(F)F)C(F)(F)F)C1. The number of hydrogen-bond donors (Lipinski definition) is 0. The van der Waals surface area contributed by atoms with Gasteiger partial charge in [0.05, 0.1) is 27.2 Å². The molecule has 0 N–H and O–H groups in total. The summed E-state index contributed by atoms with van der Waals surface area (Å²) in [7, 11) is 6.68. The second kappa shape index (κ2) is 17.1. The molecule has 5 unspecified atom stereocenters. The number of benzene rings is 1. The lowest BCUT2D eigenvalue weighted by Crippen LogP contribution is -2.68. The molecule has 1 amide bonds. The van der Waals surface area contributed by atoms with Gasteiger partial charge >= 0.3 is 24.1 Å². The first-order valence-electron chi connectivity index (χ1n) is 19.2. The molecule has 3 fully saturated rings. The van der Waals surface area contributed by atoms with Crippen molar-refractivity contribution in [3.05, 3.63) is 29.3 Å². The lowest BCUT2D eigenvalue weighted by Gasteiger charge is -2.52. The summed E-state index contributed by atoms with van der Waals surface area (Å²) in [5.74, 6) is 2.59. The number of nitrogens with zero attached hydrogens (tertiary/aromatic N) is 2. The Morgan fingerprint density at radius 1 is 0.963 bits per heavy atom. The fourth-order valence-corrected chi connectivity index (χ4v) is 12.3. The van der Waals surface area contributed by atoms with Crippen molar-refractivity contribution in [3.8, 4) is 5.75 Å². The first kappa shape index (κ1) is 42.1. The minimum atomic E-state index is -6.80. The van der Waals surface area contributed by atoms with E-state index in [2.05, 4.69) is 29.9 Å². The Labute approximate surface area is 320 Å². The van der Waals surface area contributed by atoms with Gasteiger partial charge in [0.15, 0.2) is 0 Å². The third kappa shape index (κ3) is 8.94. The quantitative estimate of drug-likeness (QED) is 0.0993. The van der Waals surface area contributed by atoms with Crippen LogP contribution in [0.5, 0.6) is 5.75 Å². The summed E-state index contributed by atoms with van der Waals surface area (Å²) in [5.41, 5.74) is -3.88. The number of likely N-dealkylation sites (N-methyl/N-ethyl adjacent to an activating group) is 2. The van der Waals surface area contributed by atoms with Crippen molar-refractivity contribution in [2.45, 2.75) is 119 Å². The molecule has 0 saturated heterocycles. The van der Waals surface area contributed by atoms with E-state index in [0.717, 1.165) is 80.6 Å². The highest BCUT2D eigenvalue weighted by atomic mass is 33.1. The molecule has 6 nitrogen and oxygen atoms in total. The van der Waals surface area contributed by atoms with Crippen molar-refractivity contribution < 1.29 is 59.9 Å². The molecule has 1 aromatic carbocycles. The van der Waals surface area contributed by atoms with E-state index < -0.39 is 49.7 Å². The lowest BCUT2D eigenvalue weighted by molar-refractivity contribution is -0.457. The Balaban J connectivity index is 1.09. The molecule has 7 atom stereocenters. The first-order valence-corrected chi connectivity index (χ1v) is 20.8. The second-order valence-electron chi connectivity index (χ2n) is 15.5. The third-order valence-electron chi connectivity index (χ3n) is 12.3. The Morgan fingerprint density at radius 2 is 1.69 bits per heavy atom. The first-order chi connectivity index (χ1) is 25.7. The zero-order valence-electron chi connectivity index (χ0n) is 31.8. The zero-order chi connectivity index (χ0) is 40.4. The van der Waals surface area contributed by atoms with Crippen LogP contribution in [0.3, 0.4) is 0 Å². The van der Waals surface area contributed by atoms with Crippen LogP contribution in [-0.2, 0) is 20.7 Å². The van der Waals surface area contributed by atoms with Gasteiger partial charge in [-0.25, -0.2) is 0 Å². The second-order valence-corrected chi connectivity index (χ2v) is 18.3. The largest absolute Gasteiger partial charge is 0.494 e. The molecule has 0 spiro atoms. The summed E-state index contributed by atoms with van der Waals surface area (Å²) < 4.78 is 141. The maximum atomic E-state index is 13.4. The summed E-state index contributed by atoms with van der Waals surface area (Å²) in [5, 5.41) is 0.581. The number of amides is 1. The smallest absolute Gasteiger partial charge is 0.435 e. The van der Waals surface area contributed by atoms with Gasteiger partial charge in [0.25, 0.3) is 0 Å². The van der Waals surface area contributed by atoms with Crippen molar-refractivity contribution in [1.29, 1.82) is 0 Å². The Morgan fingerprint density at radius 3 is 2.37 bits per heavy atom. The van der Waals surface area contributed by atoms with Gasteiger partial charge in [-0.2, -0.15) is 39.5 Å².